The van der Waals surface area contributed by atoms with E-state index >= 15 is 0 Å². The Morgan fingerprint density at radius 2 is 2.11 bits per heavy atom. The zero-order valence-corrected chi connectivity index (χ0v) is 12.1. The first kappa shape index (κ1) is 14.7. The van der Waals surface area contributed by atoms with Gasteiger partial charge in [0.05, 0.1) is 6.61 Å². The predicted octanol–water partition coefficient (Wildman–Crippen LogP) is 2.05. The molecule has 1 atom stereocenters. The van der Waals surface area contributed by atoms with Gasteiger partial charge in [-0.05, 0) is 24.0 Å². The van der Waals surface area contributed by atoms with Crippen molar-refractivity contribution in [1.29, 1.82) is 0 Å². The minimum atomic E-state index is -3.97. The van der Waals surface area contributed by atoms with E-state index < -0.39 is 27.3 Å². The Bertz CT molecular complexity index is 616. The van der Waals surface area contributed by atoms with E-state index in [0.29, 0.717) is 6.42 Å². The molecule has 0 saturated heterocycles. The van der Waals surface area contributed by atoms with Gasteiger partial charge in [0.1, 0.15) is 10.7 Å². The Balaban J connectivity index is 2.38. The molecule has 0 spiro atoms. The van der Waals surface area contributed by atoms with Gasteiger partial charge in [-0.25, -0.2) is 17.5 Å². The number of rotatable bonds is 4. The van der Waals surface area contributed by atoms with Gasteiger partial charge >= 0.3 is 0 Å². The molecule has 1 aliphatic rings. The summed E-state index contributed by atoms with van der Waals surface area (Å²) in [6.45, 7) is 3.24. The highest BCUT2D eigenvalue weighted by molar-refractivity contribution is 7.89. The van der Waals surface area contributed by atoms with Crippen molar-refractivity contribution in [3.8, 4) is 0 Å². The summed E-state index contributed by atoms with van der Waals surface area (Å²) in [7, 11) is -3.97. The van der Waals surface area contributed by atoms with Crippen LogP contribution >= 0.6 is 11.6 Å². The van der Waals surface area contributed by atoms with Crippen LogP contribution in [0.15, 0.2) is 17.0 Å². The third-order valence-corrected chi connectivity index (χ3v) is 5.04. The number of sulfonamides is 1. The summed E-state index contributed by atoms with van der Waals surface area (Å²) >= 11 is 5.74. The van der Waals surface area contributed by atoms with Crippen molar-refractivity contribution >= 4 is 21.6 Å². The van der Waals surface area contributed by atoms with E-state index in [-0.39, 0.29) is 22.0 Å². The largest absolute Gasteiger partial charge is 0.392 e. The zero-order chi connectivity index (χ0) is 14.4. The van der Waals surface area contributed by atoms with Crippen molar-refractivity contribution in [2.45, 2.75) is 37.8 Å². The number of halogens is 2. The highest BCUT2D eigenvalue weighted by Gasteiger charge is 2.48. The highest BCUT2D eigenvalue weighted by atomic mass is 35.5. The second-order valence-corrected chi connectivity index (χ2v) is 7.52. The van der Waals surface area contributed by atoms with Gasteiger partial charge in [0.2, 0.25) is 10.0 Å². The lowest BCUT2D eigenvalue weighted by molar-refractivity contribution is 0.274. The summed E-state index contributed by atoms with van der Waals surface area (Å²) in [5, 5.41) is 9.07. The topological polar surface area (TPSA) is 66.4 Å². The number of benzene rings is 1. The molecule has 2 rings (SSSR count). The number of aliphatic hydroxyl groups is 1. The van der Waals surface area contributed by atoms with E-state index in [1.807, 2.05) is 13.8 Å². The van der Waals surface area contributed by atoms with Crippen molar-refractivity contribution in [3.05, 3.63) is 28.5 Å². The summed E-state index contributed by atoms with van der Waals surface area (Å²) in [6, 6.07) is 2.05. The standard InChI is InChI=1S/C12H15ClFNO3S/c1-12(2)5-10(12)15-19(17,18)9-4-8(13)3-7(6-16)11(9)14/h3-4,10,15-16H,5-6H2,1-2H3. The fraction of sp³-hybridized carbons (Fsp3) is 0.500. The second kappa shape index (κ2) is 4.70. The van der Waals surface area contributed by atoms with Crippen LogP contribution in [0.25, 0.3) is 0 Å². The van der Waals surface area contributed by atoms with Crippen LogP contribution in [0.3, 0.4) is 0 Å². The average molecular weight is 308 g/mol. The summed E-state index contributed by atoms with van der Waals surface area (Å²) in [5.41, 5.74) is -0.245. The molecule has 0 bridgehead atoms. The van der Waals surface area contributed by atoms with Crippen molar-refractivity contribution in [2.24, 2.45) is 5.41 Å². The van der Waals surface area contributed by atoms with Crippen molar-refractivity contribution in [1.82, 2.24) is 4.72 Å². The number of hydrogen-bond acceptors (Lipinski definition) is 3. The van der Waals surface area contributed by atoms with Gasteiger partial charge in [0, 0.05) is 16.6 Å². The Kier molecular flexibility index (Phi) is 3.64. The predicted molar refractivity (Wildman–Crippen MR) is 69.8 cm³/mol. The maximum Gasteiger partial charge on any atom is 0.243 e. The minimum absolute atomic E-state index is 0.0703. The quantitative estimate of drug-likeness (QED) is 0.894. The van der Waals surface area contributed by atoms with Crippen LogP contribution in [-0.2, 0) is 16.6 Å². The fourth-order valence-corrected chi connectivity index (χ4v) is 3.71. The molecule has 0 heterocycles. The third kappa shape index (κ3) is 2.91. The van der Waals surface area contributed by atoms with Crippen molar-refractivity contribution < 1.29 is 17.9 Å². The first-order chi connectivity index (χ1) is 8.67. The van der Waals surface area contributed by atoms with E-state index in [0.717, 1.165) is 6.07 Å². The summed E-state index contributed by atoms with van der Waals surface area (Å²) in [4.78, 5) is -0.522. The van der Waals surface area contributed by atoms with Crippen molar-refractivity contribution in [2.75, 3.05) is 0 Å². The minimum Gasteiger partial charge on any atom is -0.392 e. The smallest absolute Gasteiger partial charge is 0.243 e. The molecule has 1 aliphatic carbocycles. The molecular weight excluding hydrogens is 293 g/mol. The van der Waals surface area contributed by atoms with Gasteiger partial charge in [0.25, 0.3) is 0 Å². The molecular formula is C12H15ClFNO3S. The first-order valence-electron chi connectivity index (χ1n) is 5.78. The SMILES string of the molecule is CC1(C)CC1NS(=O)(=O)c1cc(Cl)cc(CO)c1F. The molecule has 1 saturated carbocycles. The second-order valence-electron chi connectivity index (χ2n) is 5.40. The van der Waals surface area contributed by atoms with E-state index in [1.54, 1.807) is 0 Å². The Morgan fingerprint density at radius 1 is 1.53 bits per heavy atom. The van der Waals surface area contributed by atoms with E-state index in [2.05, 4.69) is 4.72 Å². The van der Waals surface area contributed by atoms with Crippen LogP contribution in [0, 0.1) is 11.2 Å². The zero-order valence-electron chi connectivity index (χ0n) is 10.6. The monoisotopic (exact) mass is 307 g/mol. The molecule has 7 heteroatoms. The van der Waals surface area contributed by atoms with Gasteiger partial charge in [-0.3, -0.25) is 0 Å². The number of hydrogen-bond donors (Lipinski definition) is 2. The molecule has 0 radical (unpaired) electrons. The maximum absolute atomic E-state index is 14.0. The van der Waals surface area contributed by atoms with Gasteiger partial charge in [-0.2, -0.15) is 0 Å². The van der Waals surface area contributed by atoms with Crippen LogP contribution in [-0.4, -0.2) is 19.6 Å². The highest BCUT2D eigenvalue weighted by Crippen LogP contribution is 2.45. The molecule has 0 aromatic heterocycles. The molecule has 1 unspecified atom stereocenters. The van der Waals surface area contributed by atoms with E-state index in [9.17, 15) is 12.8 Å². The molecule has 0 aliphatic heterocycles. The van der Waals surface area contributed by atoms with Gasteiger partial charge in [-0.15, -0.1) is 0 Å². The lowest BCUT2D eigenvalue weighted by atomic mass is 10.2. The normalized spacial score (nSPS) is 21.4. The van der Waals surface area contributed by atoms with Crippen LogP contribution in [0.4, 0.5) is 4.39 Å². The van der Waals surface area contributed by atoms with Gasteiger partial charge in [0.15, 0.2) is 0 Å². The third-order valence-electron chi connectivity index (χ3n) is 3.35. The van der Waals surface area contributed by atoms with Crippen LogP contribution in [0.2, 0.25) is 5.02 Å². The molecule has 106 valence electrons. The molecule has 1 fully saturated rings. The molecule has 19 heavy (non-hydrogen) atoms. The molecule has 1 aromatic rings. The Morgan fingerprint density at radius 3 is 2.58 bits per heavy atom. The lowest BCUT2D eigenvalue weighted by Gasteiger charge is -2.11. The van der Waals surface area contributed by atoms with Crippen LogP contribution in [0.1, 0.15) is 25.8 Å². The molecule has 0 amide bonds. The van der Waals surface area contributed by atoms with Crippen LogP contribution < -0.4 is 4.72 Å². The lowest BCUT2D eigenvalue weighted by Crippen LogP contribution is -2.29. The molecule has 1 aromatic carbocycles. The molecule has 2 N–H and O–H groups in total. The summed E-state index contributed by atoms with van der Waals surface area (Å²) < 4.78 is 40.7. The maximum atomic E-state index is 14.0. The summed E-state index contributed by atoms with van der Waals surface area (Å²) in [5.74, 6) is -0.960. The summed E-state index contributed by atoms with van der Waals surface area (Å²) in [6.07, 6.45) is 0.710. The number of aliphatic hydroxyl groups excluding tert-OH is 1. The van der Waals surface area contributed by atoms with Crippen LogP contribution in [0.5, 0.6) is 0 Å². The first-order valence-corrected chi connectivity index (χ1v) is 7.64. The van der Waals surface area contributed by atoms with Crippen molar-refractivity contribution in [3.63, 3.8) is 0 Å². The van der Waals surface area contributed by atoms with E-state index in [1.165, 1.54) is 6.07 Å². The average Bonchev–Trinajstić information content (AvgIpc) is 2.87. The van der Waals surface area contributed by atoms with Gasteiger partial charge < -0.3 is 5.11 Å². The van der Waals surface area contributed by atoms with E-state index in [4.69, 9.17) is 16.7 Å². The van der Waals surface area contributed by atoms with Gasteiger partial charge in [-0.1, -0.05) is 25.4 Å². The fourth-order valence-electron chi connectivity index (χ4n) is 1.85. The number of nitrogens with one attached hydrogen (secondary N) is 1. The Hall–Kier alpha value is -0.690. The molecule has 4 nitrogen and oxygen atoms in total. The Labute approximate surface area is 116 Å².